The third kappa shape index (κ3) is 5.55. The predicted octanol–water partition coefficient (Wildman–Crippen LogP) is 5.32. The summed E-state index contributed by atoms with van der Waals surface area (Å²) < 4.78 is 20.7. The molecule has 0 saturated carbocycles. The molecule has 0 bridgehead atoms. The highest BCUT2D eigenvalue weighted by molar-refractivity contribution is 9.10. The van der Waals surface area contributed by atoms with E-state index in [2.05, 4.69) is 35.8 Å². The number of H-pyrrole nitrogens is 1. The molecule has 1 saturated heterocycles. The Hall–Kier alpha value is -2.96. The molecule has 0 spiro atoms. The maximum Gasteiger partial charge on any atom is 0.335 e. The number of ether oxygens (including phenoxy) is 1. The Morgan fingerprint density at radius 2 is 2.06 bits per heavy atom. The number of carbonyl (C=O) groups is 1. The number of thioether (sulfide) groups is 1. The van der Waals surface area contributed by atoms with Gasteiger partial charge < -0.3 is 19.7 Å². The number of hydrogen-bond donors (Lipinski definition) is 2. The van der Waals surface area contributed by atoms with E-state index in [1.807, 2.05) is 6.07 Å². The van der Waals surface area contributed by atoms with Crippen LogP contribution < -0.4 is 15.2 Å². The molecular formula is C24H20BrFN4O4S2. The van der Waals surface area contributed by atoms with Crippen molar-refractivity contribution in [2.75, 3.05) is 18.0 Å². The first kappa shape index (κ1) is 24.7. The largest absolute Gasteiger partial charge is 0.489 e. The number of carboxylic acid groups (broad SMARTS) is 1. The highest BCUT2D eigenvalue weighted by atomic mass is 79.9. The fourth-order valence-corrected chi connectivity index (χ4v) is 5.96. The lowest BCUT2D eigenvalue weighted by Gasteiger charge is -2.32. The lowest BCUT2D eigenvalue weighted by atomic mass is 10.1. The molecule has 2 aromatic carbocycles. The molecular weight excluding hydrogens is 571 g/mol. The first-order valence-electron chi connectivity index (χ1n) is 11.1. The summed E-state index contributed by atoms with van der Waals surface area (Å²) in [4.78, 5) is 37.9. The van der Waals surface area contributed by atoms with Gasteiger partial charge in [-0.15, -0.1) is 0 Å². The van der Waals surface area contributed by atoms with E-state index in [9.17, 15) is 14.0 Å². The number of thiazole rings is 1. The number of rotatable bonds is 7. The first-order chi connectivity index (χ1) is 17.4. The van der Waals surface area contributed by atoms with Crippen molar-refractivity contribution in [1.82, 2.24) is 15.0 Å². The molecule has 1 aliphatic heterocycles. The van der Waals surface area contributed by atoms with Gasteiger partial charge in [-0.1, -0.05) is 35.2 Å². The molecule has 8 nitrogen and oxygen atoms in total. The Bertz CT molecular complexity index is 1490. The third-order valence-electron chi connectivity index (χ3n) is 5.68. The highest BCUT2D eigenvalue weighted by Gasteiger charge is 2.24. The number of anilines is 1. The molecule has 3 heterocycles. The Morgan fingerprint density at radius 1 is 1.25 bits per heavy atom. The van der Waals surface area contributed by atoms with E-state index in [0.29, 0.717) is 44.6 Å². The first-order valence-corrected chi connectivity index (χ1v) is 13.7. The van der Waals surface area contributed by atoms with Gasteiger partial charge in [0.2, 0.25) is 0 Å². The van der Waals surface area contributed by atoms with Crippen LogP contribution in [-0.4, -0.2) is 45.2 Å². The zero-order valence-corrected chi connectivity index (χ0v) is 22.0. The number of aromatic nitrogens is 3. The molecule has 1 fully saturated rings. The fraction of sp³-hybridized carbons (Fsp3) is 0.250. The van der Waals surface area contributed by atoms with Gasteiger partial charge in [0.05, 0.1) is 10.0 Å². The van der Waals surface area contributed by atoms with Crippen LogP contribution >= 0.6 is 39.0 Å². The lowest BCUT2D eigenvalue weighted by molar-refractivity contribution is 0.0696. The van der Waals surface area contributed by atoms with Gasteiger partial charge in [0.1, 0.15) is 22.4 Å². The third-order valence-corrected chi connectivity index (χ3v) is 8.38. The average molecular weight is 591 g/mol. The van der Waals surface area contributed by atoms with Crippen molar-refractivity contribution in [3.8, 4) is 5.75 Å². The second-order valence-electron chi connectivity index (χ2n) is 8.19. The minimum Gasteiger partial charge on any atom is -0.489 e. The van der Waals surface area contributed by atoms with Crippen LogP contribution in [0.5, 0.6) is 5.75 Å². The van der Waals surface area contributed by atoms with Gasteiger partial charge in [-0.2, -0.15) is 4.98 Å². The molecule has 4 aromatic rings. The fourth-order valence-electron chi connectivity index (χ4n) is 3.86. The van der Waals surface area contributed by atoms with Crippen molar-refractivity contribution in [3.05, 3.63) is 74.2 Å². The second kappa shape index (κ2) is 10.6. The van der Waals surface area contributed by atoms with E-state index < -0.39 is 5.97 Å². The van der Waals surface area contributed by atoms with Crippen molar-refractivity contribution in [1.29, 1.82) is 0 Å². The Morgan fingerprint density at radius 3 is 2.83 bits per heavy atom. The van der Waals surface area contributed by atoms with Crippen LogP contribution in [0.2, 0.25) is 0 Å². The molecule has 5 rings (SSSR count). The van der Waals surface area contributed by atoms with Crippen molar-refractivity contribution in [2.24, 2.45) is 0 Å². The summed E-state index contributed by atoms with van der Waals surface area (Å²) in [5.74, 6) is -0.378. The molecule has 0 radical (unpaired) electrons. The monoisotopic (exact) mass is 590 g/mol. The van der Waals surface area contributed by atoms with Crippen molar-refractivity contribution >= 4 is 60.5 Å². The quantitative estimate of drug-likeness (QED) is 0.220. The number of aromatic carboxylic acids is 1. The number of halogens is 2. The van der Waals surface area contributed by atoms with E-state index in [4.69, 9.17) is 9.84 Å². The molecule has 2 N–H and O–H groups in total. The molecule has 0 amide bonds. The van der Waals surface area contributed by atoms with Crippen LogP contribution in [0.15, 0.2) is 56.9 Å². The van der Waals surface area contributed by atoms with Crippen molar-refractivity contribution in [3.63, 3.8) is 0 Å². The van der Waals surface area contributed by atoms with Gasteiger partial charge >= 0.3 is 5.97 Å². The Labute approximate surface area is 221 Å². The van der Waals surface area contributed by atoms with E-state index in [-0.39, 0.29) is 23.0 Å². The zero-order valence-electron chi connectivity index (χ0n) is 18.7. The summed E-state index contributed by atoms with van der Waals surface area (Å²) in [5, 5.41) is 10.3. The minimum absolute atomic E-state index is 0.0436. The summed E-state index contributed by atoms with van der Waals surface area (Å²) in [7, 11) is 0. The molecule has 0 unspecified atom stereocenters. The van der Waals surface area contributed by atoms with Crippen LogP contribution in [-0.2, 0) is 5.75 Å². The number of nitrogens with zero attached hydrogens (tertiary/aromatic N) is 3. The van der Waals surface area contributed by atoms with E-state index >= 15 is 0 Å². The van der Waals surface area contributed by atoms with Crippen molar-refractivity contribution < 1.29 is 19.0 Å². The molecule has 0 aliphatic carbocycles. The highest BCUT2D eigenvalue weighted by Crippen LogP contribution is 2.32. The van der Waals surface area contributed by atoms with Gasteiger partial charge in [0.25, 0.3) is 5.56 Å². The minimum atomic E-state index is -0.984. The van der Waals surface area contributed by atoms with Crippen LogP contribution in [0.1, 0.15) is 28.8 Å². The number of piperidine rings is 1. The van der Waals surface area contributed by atoms with Crippen molar-refractivity contribution in [2.45, 2.75) is 29.9 Å². The molecule has 12 heteroatoms. The number of nitrogens with one attached hydrogen (secondary N) is 1. The van der Waals surface area contributed by atoms with Crippen LogP contribution in [0.4, 0.5) is 9.52 Å². The van der Waals surface area contributed by atoms with Gasteiger partial charge in [-0.3, -0.25) is 4.79 Å². The average Bonchev–Trinajstić information content (AvgIpc) is 3.30. The van der Waals surface area contributed by atoms with E-state index in [0.717, 1.165) is 23.5 Å². The Kier molecular flexibility index (Phi) is 7.26. The second-order valence-corrected chi connectivity index (χ2v) is 11.0. The van der Waals surface area contributed by atoms with E-state index in [1.165, 1.54) is 41.3 Å². The number of hydrogen-bond acceptors (Lipinski definition) is 8. The Balaban J connectivity index is 1.25. The SMILES string of the molecule is O=C(O)c1cccc(CSc2nc3nc(N4CCC(Oc5cc(F)ccc5Br)CC4)sc3c(=O)[nH]2)c1. The lowest BCUT2D eigenvalue weighted by Crippen LogP contribution is -2.38. The number of carboxylic acids is 1. The number of aromatic amines is 1. The van der Waals surface area contributed by atoms with Gasteiger partial charge in [-0.25, -0.2) is 14.2 Å². The maximum atomic E-state index is 13.6. The standard InChI is InChI=1S/C24H20BrFN4O4S2/c25-17-5-4-15(26)11-18(17)34-16-6-8-30(9-7-16)24-28-20-19(36-24)21(31)29-23(27-20)35-12-13-2-1-3-14(10-13)22(32)33/h1-5,10-11,16H,6-9,12H2,(H,32,33)(H,27,29,31). The molecule has 0 atom stereocenters. The molecule has 2 aromatic heterocycles. The predicted molar refractivity (Wildman–Crippen MR) is 141 cm³/mol. The normalized spacial score (nSPS) is 14.3. The van der Waals surface area contributed by atoms with Gasteiger partial charge in [0.15, 0.2) is 15.9 Å². The number of fused-ring (bicyclic) bond motifs is 1. The molecule has 36 heavy (non-hydrogen) atoms. The van der Waals surface area contributed by atoms with E-state index in [1.54, 1.807) is 18.2 Å². The maximum absolute atomic E-state index is 13.6. The summed E-state index contributed by atoms with van der Waals surface area (Å²) >= 11 is 6.02. The molecule has 186 valence electrons. The number of benzene rings is 2. The van der Waals surface area contributed by atoms with Gasteiger partial charge in [-0.05, 0) is 45.8 Å². The summed E-state index contributed by atoms with van der Waals surface area (Å²) in [6.45, 7) is 1.38. The van der Waals surface area contributed by atoms with Crippen LogP contribution in [0.25, 0.3) is 10.3 Å². The summed E-state index contributed by atoms with van der Waals surface area (Å²) in [6, 6.07) is 11.0. The topological polar surface area (TPSA) is 108 Å². The molecule has 1 aliphatic rings. The van der Waals surface area contributed by atoms with Crippen LogP contribution in [0, 0.1) is 5.82 Å². The zero-order chi connectivity index (χ0) is 25.2. The van der Waals surface area contributed by atoms with Crippen LogP contribution in [0.3, 0.4) is 0 Å². The van der Waals surface area contributed by atoms with Gasteiger partial charge in [0, 0.05) is 37.8 Å². The summed E-state index contributed by atoms with van der Waals surface area (Å²) in [6.07, 6.45) is 1.43. The summed E-state index contributed by atoms with van der Waals surface area (Å²) in [5.41, 5.74) is 1.17. The smallest absolute Gasteiger partial charge is 0.335 e.